The molecule has 0 fully saturated rings. The molecule has 0 aliphatic heterocycles. The summed E-state index contributed by atoms with van der Waals surface area (Å²) in [6.07, 6.45) is 0. The fourth-order valence-corrected chi connectivity index (χ4v) is 0. The van der Waals surface area contributed by atoms with Gasteiger partial charge in [-0.3, -0.25) is 0 Å². The Morgan fingerprint density at radius 1 is 0.440 bits per heavy atom. The zero-order chi connectivity index (χ0) is 9.00. The molecule has 0 rings (SSSR count). The van der Waals surface area contributed by atoms with Gasteiger partial charge < -0.3 is 99.6 Å². The second-order valence-electron chi connectivity index (χ2n) is 0.960. The predicted molar refractivity (Wildman–Crippen MR) is 65.2 cm³/mol. The van der Waals surface area contributed by atoms with Gasteiger partial charge in [0.2, 0.25) is 0 Å². The van der Waals surface area contributed by atoms with E-state index in [0.717, 1.165) is 0 Å². The smallest absolute Gasteiger partial charge is 0.822 e. The fraction of sp³-hybridized carbons (Fsp3) is 0. The van der Waals surface area contributed by atoms with Crippen molar-refractivity contribution in [2.45, 2.75) is 0 Å². The quantitative estimate of drug-likeness (QED) is 0.221. The molecular weight excluding hydrogens is 451 g/mol. The minimum atomic E-state index is -5.39. The molecular formula is H27Na3O20P2. The summed E-state index contributed by atoms with van der Waals surface area (Å²) in [5.41, 5.74) is 0. The first-order valence-corrected chi connectivity index (χ1v) is 4.54. The number of hydrogen-bond donors (Lipinski definition) is 3. The van der Waals surface area contributed by atoms with Crippen LogP contribution in [-0.2, 0) is 9.13 Å². The van der Waals surface area contributed by atoms with Crippen LogP contribution in [-0.4, -0.2) is 80.4 Å². The van der Waals surface area contributed by atoms with Crippen LogP contribution in [0.2, 0.25) is 0 Å². The summed E-state index contributed by atoms with van der Waals surface area (Å²) in [7, 11) is -10.0. The Bertz CT molecular complexity index is 135. The van der Waals surface area contributed by atoms with E-state index in [9.17, 15) is 0 Å². The molecule has 0 radical (unpaired) electrons. The first kappa shape index (κ1) is 172. The van der Waals surface area contributed by atoms with Crippen LogP contribution < -0.4 is 103 Å². The first-order valence-electron chi connectivity index (χ1n) is 1.51. The van der Waals surface area contributed by atoms with Crippen LogP contribution in [0, 0.1) is 0 Å². The molecule has 0 aliphatic rings. The Balaban J connectivity index is -0.00000000213. The standard InChI is InChI=1S/3Na.2H3O4P.12H2O/c;;;2*1-5(2,3)4;;;;;;;;;;;;/h;;;2*(H3,1,2,3,4);12*1H2/q3*+1;;;;;;;;;;;;;;/p-3. The van der Waals surface area contributed by atoms with Gasteiger partial charge in [-0.2, -0.15) is 7.82 Å². The van der Waals surface area contributed by atoms with Crippen molar-refractivity contribution in [3.05, 3.63) is 0 Å². The summed E-state index contributed by atoms with van der Waals surface area (Å²) < 4.78 is 17.4. The molecule has 0 aromatic heterocycles. The van der Waals surface area contributed by atoms with Gasteiger partial charge in [0.05, 0.1) is 0 Å². The fourth-order valence-electron chi connectivity index (χ4n) is 0. The van der Waals surface area contributed by atoms with Crippen molar-refractivity contribution in [1.82, 2.24) is 0 Å². The van der Waals surface area contributed by atoms with Gasteiger partial charge in [-0.05, 0) is 0 Å². The third-order valence-electron chi connectivity index (χ3n) is 0. The molecule has 0 atom stereocenters. The first-order chi connectivity index (χ1) is 4.00. The van der Waals surface area contributed by atoms with Crippen LogP contribution in [0.15, 0.2) is 0 Å². The minimum Gasteiger partial charge on any atom is -0.822 e. The second-order valence-corrected chi connectivity index (χ2v) is 2.88. The van der Waals surface area contributed by atoms with E-state index in [4.69, 9.17) is 38.5 Å². The van der Waals surface area contributed by atoms with E-state index in [1.165, 1.54) is 0 Å². The molecule has 0 heterocycles. The number of hydrogen-bond acceptors (Lipinski definition) is 5. The van der Waals surface area contributed by atoms with Crippen LogP contribution in [0.3, 0.4) is 0 Å². The van der Waals surface area contributed by atoms with Crippen LogP contribution >= 0.6 is 15.6 Å². The zero-order valence-electron chi connectivity index (χ0n) is 13.3. The Kier molecular flexibility index (Phi) is 561. The Morgan fingerprint density at radius 3 is 0.440 bits per heavy atom. The maximum absolute atomic E-state index is 8.88. The van der Waals surface area contributed by atoms with Crippen molar-refractivity contribution in [1.29, 1.82) is 0 Å². The molecule has 0 unspecified atom stereocenters. The van der Waals surface area contributed by atoms with E-state index in [1.807, 2.05) is 0 Å². The van der Waals surface area contributed by atoms with Crippen molar-refractivity contribution in [3.63, 3.8) is 0 Å². The van der Waals surface area contributed by atoms with Crippen LogP contribution in [0.4, 0.5) is 0 Å². The Labute approximate surface area is 206 Å². The van der Waals surface area contributed by atoms with Gasteiger partial charge in [0.25, 0.3) is 0 Å². The van der Waals surface area contributed by atoms with E-state index >= 15 is 0 Å². The monoisotopic (exact) mass is 478 g/mol. The summed E-state index contributed by atoms with van der Waals surface area (Å²) in [6, 6.07) is 0. The van der Waals surface area contributed by atoms with Crippen LogP contribution in [0.5, 0.6) is 0 Å². The molecule has 0 bridgehead atoms. The van der Waals surface area contributed by atoms with Gasteiger partial charge in [-0.1, -0.05) is 0 Å². The average Bonchev–Trinajstić information content (AvgIpc) is 1.12. The molecule has 25 heteroatoms. The molecule has 0 aliphatic carbocycles. The SMILES string of the molecule is O.O.O.O.O.O.O.O.O.O.O.O.O=P(O)(O)O.O=P([O-])([O-])[O-].[Na+].[Na+].[Na+]. The Morgan fingerprint density at radius 2 is 0.440 bits per heavy atom. The normalized spacial score (nSPS) is 4.72. The summed E-state index contributed by atoms with van der Waals surface area (Å²) in [5, 5.41) is 0. The molecule has 0 spiro atoms. The number of rotatable bonds is 0. The topological polar surface area (TPSA) is 542 Å². The summed E-state index contributed by atoms with van der Waals surface area (Å²) in [6.45, 7) is 0. The summed E-state index contributed by atoms with van der Waals surface area (Å²) >= 11 is 0. The molecule has 20 nitrogen and oxygen atoms in total. The van der Waals surface area contributed by atoms with E-state index in [1.54, 1.807) is 0 Å². The predicted octanol–water partition coefficient (Wildman–Crippen LogP) is -22.6. The largest absolute Gasteiger partial charge is 1.00 e. The molecule has 0 aromatic rings. The average molecular weight is 478 g/mol. The molecule has 0 amide bonds. The van der Waals surface area contributed by atoms with E-state index in [2.05, 4.69) is 0 Å². The van der Waals surface area contributed by atoms with Gasteiger partial charge in [-0.25, -0.2) is 4.57 Å². The second kappa shape index (κ2) is 81.5. The van der Waals surface area contributed by atoms with Crippen molar-refractivity contribution in [2.75, 3.05) is 0 Å². The molecule has 0 saturated heterocycles. The summed E-state index contributed by atoms with van der Waals surface area (Å²) in [4.78, 5) is 47.2. The summed E-state index contributed by atoms with van der Waals surface area (Å²) in [5.74, 6) is 0. The molecule has 0 saturated carbocycles. The number of phosphoric acid groups is 2. The van der Waals surface area contributed by atoms with E-state index < -0.39 is 15.6 Å². The van der Waals surface area contributed by atoms with Crippen molar-refractivity contribution in [2.24, 2.45) is 0 Å². The van der Waals surface area contributed by atoms with Crippen molar-refractivity contribution >= 4 is 15.6 Å². The van der Waals surface area contributed by atoms with Crippen molar-refractivity contribution in [3.8, 4) is 0 Å². The van der Waals surface area contributed by atoms with Gasteiger partial charge in [0.1, 0.15) is 0 Å². The molecule has 27 N–H and O–H groups in total. The van der Waals surface area contributed by atoms with E-state index in [-0.39, 0.29) is 154 Å². The van der Waals surface area contributed by atoms with Gasteiger partial charge in [0, 0.05) is 0 Å². The maximum atomic E-state index is 8.88. The Hall–Kier alpha value is 2.74. The third kappa shape index (κ3) is 2180. The van der Waals surface area contributed by atoms with Gasteiger partial charge >= 0.3 is 96.5 Å². The van der Waals surface area contributed by atoms with E-state index in [0.29, 0.717) is 0 Å². The molecule has 160 valence electrons. The van der Waals surface area contributed by atoms with Crippen LogP contribution in [0.25, 0.3) is 0 Å². The van der Waals surface area contributed by atoms with Crippen molar-refractivity contribution < 1.29 is 193 Å². The zero-order valence-corrected chi connectivity index (χ0v) is 21.1. The molecule has 0 aromatic carbocycles. The van der Waals surface area contributed by atoms with Gasteiger partial charge in [-0.15, -0.1) is 0 Å². The third-order valence-corrected chi connectivity index (χ3v) is 0. The van der Waals surface area contributed by atoms with Crippen LogP contribution in [0.1, 0.15) is 0 Å². The minimum absolute atomic E-state index is 0. The molecule has 25 heavy (non-hydrogen) atoms. The van der Waals surface area contributed by atoms with Gasteiger partial charge in [0.15, 0.2) is 0 Å². The maximum Gasteiger partial charge on any atom is 1.00 e.